The number of rotatable bonds is 4. The molecule has 0 aliphatic carbocycles. The maximum atomic E-state index is 12.0. The number of carbonyl (C=O) groups is 1. The van der Waals surface area contributed by atoms with Crippen molar-refractivity contribution < 1.29 is 13.2 Å². The van der Waals surface area contributed by atoms with E-state index >= 15 is 0 Å². The largest absolute Gasteiger partial charge is 0.298 e. The topological polar surface area (TPSA) is 51.2 Å². The van der Waals surface area contributed by atoms with Gasteiger partial charge in [-0.05, 0) is 12.1 Å². The molecule has 0 aromatic heterocycles. The maximum absolute atomic E-state index is 12.0. The first-order valence-corrected chi connectivity index (χ1v) is 7.36. The van der Waals surface area contributed by atoms with Crippen molar-refractivity contribution in [3.05, 3.63) is 28.2 Å². The number of ketones is 1. The maximum Gasteiger partial charge on any atom is 0.188 e. The zero-order valence-electron chi connectivity index (χ0n) is 9.41. The molecule has 0 bridgehead atoms. The van der Waals surface area contributed by atoms with Crippen molar-refractivity contribution in [2.75, 3.05) is 5.75 Å². The first kappa shape index (κ1) is 14.5. The summed E-state index contributed by atoms with van der Waals surface area (Å²) in [5, 5.41) is 0.0723. The van der Waals surface area contributed by atoms with Gasteiger partial charge in [0, 0.05) is 5.92 Å². The lowest BCUT2D eigenvalue weighted by Gasteiger charge is -2.09. The van der Waals surface area contributed by atoms with Crippen molar-refractivity contribution in [3.8, 4) is 0 Å². The Balaban J connectivity index is 3.19. The van der Waals surface area contributed by atoms with E-state index in [-0.39, 0.29) is 26.6 Å². The van der Waals surface area contributed by atoms with Crippen LogP contribution in [0.5, 0.6) is 0 Å². The minimum atomic E-state index is -3.78. The van der Waals surface area contributed by atoms with Crippen LogP contribution < -0.4 is 0 Å². The lowest BCUT2D eigenvalue weighted by Crippen LogP contribution is -2.21. The highest BCUT2D eigenvalue weighted by Crippen LogP contribution is 2.30. The molecule has 0 saturated heterocycles. The van der Waals surface area contributed by atoms with Crippen LogP contribution in [-0.2, 0) is 14.6 Å². The van der Waals surface area contributed by atoms with Crippen molar-refractivity contribution in [1.82, 2.24) is 0 Å². The van der Waals surface area contributed by atoms with Crippen molar-refractivity contribution in [2.24, 2.45) is 5.92 Å². The summed E-state index contributed by atoms with van der Waals surface area (Å²) in [4.78, 5) is 11.3. The molecule has 0 heterocycles. The molecule has 0 aliphatic rings. The summed E-state index contributed by atoms with van der Waals surface area (Å²) < 4.78 is 24.0. The van der Waals surface area contributed by atoms with Crippen LogP contribution in [-0.4, -0.2) is 20.0 Å². The molecule has 0 radical (unpaired) electrons. The molecule has 0 saturated carbocycles. The molecule has 1 aromatic rings. The number of hydrogen-bond acceptors (Lipinski definition) is 3. The van der Waals surface area contributed by atoms with Crippen LogP contribution in [0.25, 0.3) is 0 Å². The molecule has 3 nitrogen and oxygen atoms in total. The Morgan fingerprint density at radius 2 is 1.71 bits per heavy atom. The normalized spacial score (nSPS) is 11.8. The van der Waals surface area contributed by atoms with E-state index in [9.17, 15) is 13.2 Å². The van der Waals surface area contributed by atoms with Crippen LogP contribution in [0.3, 0.4) is 0 Å². The van der Waals surface area contributed by atoms with Gasteiger partial charge < -0.3 is 0 Å². The first-order chi connectivity index (χ1) is 7.75. The van der Waals surface area contributed by atoms with Gasteiger partial charge >= 0.3 is 0 Å². The summed E-state index contributed by atoms with van der Waals surface area (Å²) in [5.74, 6) is -1.28. The molecule has 0 spiro atoms. The lowest BCUT2D eigenvalue weighted by atomic mass is 10.1. The second-order valence-electron chi connectivity index (χ2n) is 3.93. The van der Waals surface area contributed by atoms with Crippen molar-refractivity contribution >= 4 is 38.8 Å². The third kappa shape index (κ3) is 3.44. The van der Waals surface area contributed by atoms with Crippen molar-refractivity contribution in [3.63, 3.8) is 0 Å². The number of sulfone groups is 1. The van der Waals surface area contributed by atoms with Gasteiger partial charge in [0.2, 0.25) is 0 Å². The van der Waals surface area contributed by atoms with Gasteiger partial charge in [0.25, 0.3) is 0 Å². The third-order valence-electron chi connectivity index (χ3n) is 2.21. The van der Waals surface area contributed by atoms with Gasteiger partial charge in [-0.25, -0.2) is 8.42 Å². The van der Waals surface area contributed by atoms with Gasteiger partial charge in [-0.1, -0.05) is 43.1 Å². The molecular weight excluding hydrogens is 283 g/mol. The van der Waals surface area contributed by atoms with Crippen molar-refractivity contribution in [1.29, 1.82) is 0 Å². The number of Topliss-reactive ketones (excluding diaryl/α,β-unsaturated/α-hetero) is 1. The van der Waals surface area contributed by atoms with Gasteiger partial charge in [0.05, 0.1) is 10.0 Å². The molecule has 0 unspecified atom stereocenters. The average molecular weight is 295 g/mol. The Hall–Kier alpha value is -0.580. The Kier molecular flexibility index (Phi) is 4.58. The molecule has 0 fully saturated rings. The molecule has 1 aromatic carbocycles. The highest BCUT2D eigenvalue weighted by Gasteiger charge is 2.25. The molecule has 6 heteroatoms. The zero-order chi connectivity index (χ0) is 13.2. The summed E-state index contributed by atoms with van der Waals surface area (Å²) in [6.07, 6.45) is 0. The quantitative estimate of drug-likeness (QED) is 0.858. The van der Waals surface area contributed by atoms with Gasteiger partial charge in [-0.15, -0.1) is 0 Å². The van der Waals surface area contributed by atoms with E-state index in [1.807, 2.05) is 0 Å². The average Bonchev–Trinajstić information content (AvgIpc) is 2.15. The second kappa shape index (κ2) is 5.38. The monoisotopic (exact) mass is 294 g/mol. The van der Waals surface area contributed by atoms with Gasteiger partial charge in [0.1, 0.15) is 10.6 Å². The minimum Gasteiger partial charge on any atom is -0.298 e. The zero-order valence-corrected chi connectivity index (χ0v) is 11.7. The van der Waals surface area contributed by atoms with Gasteiger partial charge in [-0.3, -0.25) is 4.79 Å². The van der Waals surface area contributed by atoms with E-state index in [1.54, 1.807) is 19.9 Å². The summed E-state index contributed by atoms with van der Waals surface area (Å²) in [6.45, 7) is 3.29. The molecule has 0 N–H and O–H groups in total. The first-order valence-electron chi connectivity index (χ1n) is 4.95. The summed E-state index contributed by atoms with van der Waals surface area (Å²) >= 11 is 11.6. The fourth-order valence-corrected chi connectivity index (χ4v) is 3.89. The predicted molar refractivity (Wildman–Crippen MR) is 68.4 cm³/mol. The molecule has 1 rings (SSSR count). The van der Waals surface area contributed by atoms with Crippen LogP contribution in [0.15, 0.2) is 23.1 Å². The number of halogens is 2. The Morgan fingerprint density at radius 1 is 1.24 bits per heavy atom. The number of benzene rings is 1. The standard InChI is InChI=1S/C11H12Cl2O3S/c1-7(2)10(14)6-17(15,16)11-8(12)4-3-5-9(11)13/h3-5,7H,6H2,1-2H3. The smallest absolute Gasteiger partial charge is 0.188 e. The SMILES string of the molecule is CC(C)C(=O)CS(=O)(=O)c1c(Cl)cccc1Cl. The van der Waals surface area contributed by atoms with Crippen molar-refractivity contribution in [2.45, 2.75) is 18.7 Å². The van der Waals surface area contributed by atoms with Gasteiger partial charge in [0.15, 0.2) is 15.6 Å². The fraction of sp³-hybridized carbons (Fsp3) is 0.364. The van der Waals surface area contributed by atoms with Gasteiger partial charge in [-0.2, -0.15) is 0 Å². The van der Waals surface area contributed by atoms with E-state index in [4.69, 9.17) is 23.2 Å². The molecule has 94 valence electrons. The molecular formula is C11H12Cl2O3S. The van der Waals surface area contributed by atoms with E-state index in [1.165, 1.54) is 12.1 Å². The number of hydrogen-bond donors (Lipinski definition) is 0. The van der Waals surface area contributed by atoms with E-state index < -0.39 is 15.6 Å². The highest BCUT2D eigenvalue weighted by atomic mass is 35.5. The summed E-state index contributed by atoms with van der Waals surface area (Å²) in [7, 11) is -3.78. The molecule has 0 aliphatic heterocycles. The van der Waals surface area contributed by atoms with Crippen LogP contribution in [0.2, 0.25) is 10.0 Å². The van der Waals surface area contributed by atoms with Crippen LogP contribution in [0, 0.1) is 5.92 Å². The van der Waals surface area contributed by atoms with Crippen LogP contribution >= 0.6 is 23.2 Å². The minimum absolute atomic E-state index is 0.0362. The van der Waals surface area contributed by atoms with Crippen LogP contribution in [0.4, 0.5) is 0 Å². The Morgan fingerprint density at radius 3 is 2.12 bits per heavy atom. The Bertz CT molecular complexity index is 515. The Labute approximate surface area is 111 Å². The highest BCUT2D eigenvalue weighted by molar-refractivity contribution is 7.92. The summed E-state index contributed by atoms with van der Waals surface area (Å²) in [5.41, 5.74) is 0. The molecule has 17 heavy (non-hydrogen) atoms. The van der Waals surface area contributed by atoms with E-state index in [0.717, 1.165) is 0 Å². The summed E-state index contributed by atoms with van der Waals surface area (Å²) in [6, 6.07) is 4.41. The molecule has 0 amide bonds. The third-order valence-corrected chi connectivity index (χ3v) is 4.79. The van der Waals surface area contributed by atoms with E-state index in [0.29, 0.717) is 0 Å². The lowest BCUT2D eigenvalue weighted by molar-refractivity contribution is -0.119. The van der Waals surface area contributed by atoms with E-state index in [2.05, 4.69) is 0 Å². The number of carbonyl (C=O) groups excluding carboxylic acids is 1. The molecule has 0 atom stereocenters. The predicted octanol–water partition coefficient (Wildman–Crippen LogP) is 2.99. The fourth-order valence-electron chi connectivity index (χ4n) is 1.21. The second-order valence-corrected chi connectivity index (χ2v) is 6.67. The van der Waals surface area contributed by atoms with Crippen LogP contribution in [0.1, 0.15) is 13.8 Å².